The van der Waals surface area contributed by atoms with Crippen molar-refractivity contribution < 1.29 is 13.9 Å². The van der Waals surface area contributed by atoms with Crippen LogP contribution in [-0.4, -0.2) is 24.5 Å². The van der Waals surface area contributed by atoms with Crippen LogP contribution >= 0.6 is 0 Å². The number of carbonyl (C=O) groups excluding carboxylic acids is 1. The number of unbranched alkanes of at least 4 members (excludes halogenated alkanes) is 2. The summed E-state index contributed by atoms with van der Waals surface area (Å²) in [6.45, 7) is 6.58. The summed E-state index contributed by atoms with van der Waals surface area (Å²) in [5.74, 6) is 0.701. The predicted molar refractivity (Wildman–Crippen MR) is 117 cm³/mol. The van der Waals surface area contributed by atoms with Crippen LogP contribution in [0, 0.1) is 13.8 Å². The zero-order valence-corrected chi connectivity index (χ0v) is 18.0. The maximum absolute atomic E-state index is 13.6. The second-order valence-electron chi connectivity index (χ2n) is 8.01. The van der Waals surface area contributed by atoms with Gasteiger partial charge < -0.3 is 14.1 Å². The van der Waals surface area contributed by atoms with E-state index in [9.17, 15) is 9.59 Å². The highest BCUT2D eigenvalue weighted by molar-refractivity contribution is 5.99. The zero-order chi connectivity index (χ0) is 21.4. The van der Waals surface area contributed by atoms with E-state index in [0.29, 0.717) is 23.1 Å². The van der Waals surface area contributed by atoms with Crippen molar-refractivity contribution in [2.45, 2.75) is 46.1 Å². The van der Waals surface area contributed by atoms with Crippen LogP contribution < -0.4 is 10.2 Å². The van der Waals surface area contributed by atoms with E-state index < -0.39 is 6.04 Å². The highest BCUT2D eigenvalue weighted by atomic mass is 16.5. The Bertz CT molecular complexity index is 1160. The number of hydrogen-bond donors (Lipinski definition) is 0. The molecule has 0 spiro atoms. The van der Waals surface area contributed by atoms with E-state index in [0.717, 1.165) is 41.7 Å². The SMILES string of the molecule is CCCCCN1C(=O)c2oc3cc(C)cc(C)c3c(=O)c2C1c1ccc(OC)cc1. The summed E-state index contributed by atoms with van der Waals surface area (Å²) < 4.78 is 11.4. The summed E-state index contributed by atoms with van der Waals surface area (Å²) in [4.78, 5) is 28.7. The van der Waals surface area contributed by atoms with Gasteiger partial charge >= 0.3 is 0 Å². The molecule has 1 aromatic heterocycles. The number of hydrogen-bond acceptors (Lipinski definition) is 4. The van der Waals surface area contributed by atoms with Crippen LogP contribution in [-0.2, 0) is 0 Å². The largest absolute Gasteiger partial charge is 0.497 e. The average Bonchev–Trinajstić information content (AvgIpc) is 3.00. The van der Waals surface area contributed by atoms with Gasteiger partial charge in [-0.25, -0.2) is 0 Å². The van der Waals surface area contributed by atoms with E-state index in [1.165, 1.54) is 0 Å². The van der Waals surface area contributed by atoms with Crippen molar-refractivity contribution in [2.24, 2.45) is 0 Å². The van der Waals surface area contributed by atoms with Gasteiger partial charge in [0.05, 0.1) is 24.1 Å². The Labute approximate surface area is 176 Å². The molecule has 156 valence electrons. The molecule has 4 rings (SSSR count). The average molecular weight is 405 g/mol. The Balaban J connectivity index is 1.93. The lowest BCUT2D eigenvalue weighted by atomic mass is 9.96. The van der Waals surface area contributed by atoms with E-state index in [2.05, 4.69) is 6.92 Å². The van der Waals surface area contributed by atoms with Gasteiger partial charge in [-0.1, -0.05) is 38.0 Å². The van der Waals surface area contributed by atoms with Crippen LogP contribution in [0.3, 0.4) is 0 Å². The van der Waals surface area contributed by atoms with Gasteiger partial charge in [0.1, 0.15) is 11.3 Å². The van der Waals surface area contributed by atoms with Crippen molar-refractivity contribution >= 4 is 16.9 Å². The topological polar surface area (TPSA) is 59.8 Å². The summed E-state index contributed by atoms with van der Waals surface area (Å²) >= 11 is 0. The first-order valence-corrected chi connectivity index (χ1v) is 10.5. The van der Waals surface area contributed by atoms with Crippen LogP contribution in [0.2, 0.25) is 0 Å². The third-order valence-corrected chi connectivity index (χ3v) is 5.85. The van der Waals surface area contributed by atoms with E-state index in [-0.39, 0.29) is 17.1 Å². The second kappa shape index (κ2) is 7.98. The molecule has 0 bridgehead atoms. The minimum Gasteiger partial charge on any atom is -0.497 e. The van der Waals surface area contributed by atoms with Crippen molar-refractivity contribution in [3.63, 3.8) is 0 Å². The molecule has 3 aromatic rings. The molecular weight excluding hydrogens is 378 g/mol. The summed E-state index contributed by atoms with van der Waals surface area (Å²) in [5, 5.41) is 0.557. The van der Waals surface area contributed by atoms with Crippen molar-refractivity contribution in [1.29, 1.82) is 0 Å². The molecule has 2 aromatic carbocycles. The molecule has 1 unspecified atom stereocenters. The summed E-state index contributed by atoms with van der Waals surface area (Å²) in [5.41, 5.74) is 3.56. The van der Waals surface area contributed by atoms with Crippen LogP contribution in [0.5, 0.6) is 5.75 Å². The van der Waals surface area contributed by atoms with Gasteiger partial charge in [-0.05, 0) is 55.2 Å². The Morgan fingerprint density at radius 2 is 1.80 bits per heavy atom. The molecule has 0 saturated carbocycles. The fourth-order valence-corrected chi connectivity index (χ4v) is 4.41. The molecule has 0 aliphatic carbocycles. The van der Waals surface area contributed by atoms with E-state index in [1.807, 2.05) is 50.2 Å². The fourth-order valence-electron chi connectivity index (χ4n) is 4.41. The fraction of sp³-hybridized carbons (Fsp3) is 0.360. The maximum Gasteiger partial charge on any atom is 0.290 e. The molecule has 2 heterocycles. The smallest absolute Gasteiger partial charge is 0.290 e. The van der Waals surface area contributed by atoms with Gasteiger partial charge in [0.2, 0.25) is 5.76 Å². The Kier molecular flexibility index (Phi) is 5.37. The lowest BCUT2D eigenvalue weighted by molar-refractivity contribution is 0.0724. The maximum atomic E-state index is 13.6. The number of benzene rings is 2. The van der Waals surface area contributed by atoms with Gasteiger partial charge in [0.15, 0.2) is 5.43 Å². The number of amides is 1. The molecule has 0 N–H and O–H groups in total. The van der Waals surface area contributed by atoms with E-state index >= 15 is 0 Å². The number of rotatable bonds is 6. The van der Waals surface area contributed by atoms with Crippen molar-refractivity contribution in [3.05, 3.63) is 74.6 Å². The molecule has 30 heavy (non-hydrogen) atoms. The van der Waals surface area contributed by atoms with Crippen molar-refractivity contribution in [3.8, 4) is 5.75 Å². The Morgan fingerprint density at radius 1 is 1.07 bits per heavy atom. The van der Waals surface area contributed by atoms with Crippen LogP contribution in [0.15, 0.2) is 45.6 Å². The first kappa shape index (κ1) is 20.2. The van der Waals surface area contributed by atoms with Crippen molar-refractivity contribution in [1.82, 2.24) is 4.90 Å². The van der Waals surface area contributed by atoms with Gasteiger partial charge in [-0.2, -0.15) is 0 Å². The molecule has 0 saturated heterocycles. The predicted octanol–water partition coefficient (Wildman–Crippen LogP) is 5.15. The molecule has 1 aliphatic rings. The number of carbonyl (C=O) groups is 1. The molecule has 0 fully saturated rings. The molecule has 5 nitrogen and oxygen atoms in total. The first-order chi connectivity index (χ1) is 14.5. The van der Waals surface area contributed by atoms with Gasteiger partial charge in [-0.3, -0.25) is 9.59 Å². The zero-order valence-electron chi connectivity index (χ0n) is 18.0. The molecule has 5 heteroatoms. The molecular formula is C25H27NO4. The second-order valence-corrected chi connectivity index (χ2v) is 8.01. The first-order valence-electron chi connectivity index (χ1n) is 10.5. The van der Waals surface area contributed by atoms with Crippen LogP contribution in [0.1, 0.15) is 65.0 Å². The van der Waals surface area contributed by atoms with Gasteiger partial charge in [0, 0.05) is 6.54 Å². The number of methoxy groups -OCH3 is 1. The standard InChI is InChI=1S/C25H27NO4/c1-5-6-7-12-26-22(17-8-10-18(29-4)11-9-17)21-23(27)20-16(3)13-15(2)14-19(20)30-24(21)25(26)28/h8-11,13-14,22H,5-7,12H2,1-4H3. The van der Waals surface area contributed by atoms with Crippen molar-refractivity contribution in [2.75, 3.05) is 13.7 Å². The third kappa shape index (κ3) is 3.28. The number of ether oxygens (including phenoxy) is 1. The van der Waals surface area contributed by atoms with Gasteiger partial charge in [0.25, 0.3) is 5.91 Å². The number of nitrogens with zero attached hydrogens (tertiary/aromatic N) is 1. The molecule has 1 atom stereocenters. The monoisotopic (exact) mass is 405 g/mol. The highest BCUT2D eigenvalue weighted by Gasteiger charge is 2.42. The number of fused-ring (bicyclic) bond motifs is 2. The molecule has 0 radical (unpaired) electrons. The molecule has 1 aliphatic heterocycles. The summed E-state index contributed by atoms with van der Waals surface area (Å²) in [6, 6.07) is 10.9. The summed E-state index contributed by atoms with van der Waals surface area (Å²) in [7, 11) is 1.62. The van der Waals surface area contributed by atoms with Gasteiger partial charge in [-0.15, -0.1) is 0 Å². The Hall–Kier alpha value is -3.08. The van der Waals surface area contributed by atoms with E-state index in [4.69, 9.17) is 9.15 Å². The van der Waals surface area contributed by atoms with Crippen LogP contribution in [0.4, 0.5) is 0 Å². The molecule has 1 amide bonds. The summed E-state index contributed by atoms with van der Waals surface area (Å²) in [6.07, 6.45) is 2.97. The Morgan fingerprint density at radius 3 is 2.47 bits per heavy atom. The lowest BCUT2D eigenvalue weighted by Crippen LogP contribution is -2.30. The van der Waals surface area contributed by atoms with E-state index in [1.54, 1.807) is 12.0 Å². The normalized spacial score (nSPS) is 15.7. The minimum absolute atomic E-state index is 0.115. The highest BCUT2D eigenvalue weighted by Crippen LogP contribution is 2.39. The third-order valence-electron chi connectivity index (χ3n) is 5.85. The minimum atomic E-state index is -0.448. The number of aryl methyl sites for hydroxylation is 2. The quantitative estimate of drug-likeness (QED) is 0.532. The van der Waals surface area contributed by atoms with Crippen LogP contribution in [0.25, 0.3) is 11.0 Å². The lowest BCUT2D eigenvalue weighted by Gasteiger charge is -2.25.